The van der Waals surface area contributed by atoms with Crippen LogP contribution in [0.1, 0.15) is 0 Å². The molecule has 0 amide bonds. The molecular weight excluding hydrogens is 503 g/mol. The Morgan fingerprint density at radius 1 is 0.270 bits per heavy atom. The maximum Gasteiger partial charge on any atom is 0.0894 e. The molecule has 182 valence electrons. The Kier molecular flexibility index (Phi) is 8.89. The van der Waals surface area contributed by atoms with Crippen LogP contribution in [0.4, 0.5) is 0 Å². The summed E-state index contributed by atoms with van der Waals surface area (Å²) in [7, 11) is 0. The SMILES string of the molecule is [Ni].c1ccc(-c2cccc(-c3ccccn3)n2)nc1.c1ccc(-c2cccc(-c3ccccn3)n2)nc1. The topological polar surface area (TPSA) is 77.3 Å². The van der Waals surface area contributed by atoms with Gasteiger partial charge in [0.25, 0.3) is 0 Å². The molecule has 0 aromatic carbocycles. The van der Waals surface area contributed by atoms with Gasteiger partial charge in [-0.05, 0) is 72.8 Å². The van der Waals surface area contributed by atoms with Gasteiger partial charge in [-0.3, -0.25) is 19.9 Å². The third-order valence-electron chi connectivity index (χ3n) is 5.21. The summed E-state index contributed by atoms with van der Waals surface area (Å²) in [5.74, 6) is 0. The van der Waals surface area contributed by atoms with Crippen LogP contribution in [0.15, 0.2) is 134 Å². The minimum Gasteiger partial charge on any atom is -0.255 e. The third kappa shape index (κ3) is 6.75. The predicted molar refractivity (Wildman–Crippen MR) is 141 cm³/mol. The van der Waals surface area contributed by atoms with Crippen molar-refractivity contribution in [3.05, 3.63) is 134 Å². The molecule has 37 heavy (non-hydrogen) atoms. The smallest absolute Gasteiger partial charge is 0.0894 e. The molecule has 0 aliphatic heterocycles. The van der Waals surface area contributed by atoms with Crippen LogP contribution in [0.25, 0.3) is 45.6 Å². The van der Waals surface area contributed by atoms with Crippen LogP contribution in [-0.4, -0.2) is 29.9 Å². The zero-order valence-electron chi connectivity index (χ0n) is 19.7. The fourth-order valence-corrected chi connectivity index (χ4v) is 3.50. The molecule has 0 radical (unpaired) electrons. The van der Waals surface area contributed by atoms with Crippen LogP contribution < -0.4 is 0 Å². The van der Waals surface area contributed by atoms with E-state index in [9.17, 15) is 0 Å². The van der Waals surface area contributed by atoms with Gasteiger partial charge in [-0.1, -0.05) is 36.4 Å². The van der Waals surface area contributed by atoms with E-state index in [1.54, 1.807) is 24.8 Å². The Bertz CT molecular complexity index is 1290. The van der Waals surface area contributed by atoms with Gasteiger partial charge in [0, 0.05) is 41.3 Å². The first kappa shape index (κ1) is 25.5. The van der Waals surface area contributed by atoms with Gasteiger partial charge in [-0.15, -0.1) is 0 Å². The average Bonchev–Trinajstić information content (AvgIpc) is 2.99. The van der Waals surface area contributed by atoms with E-state index < -0.39 is 0 Å². The Balaban J connectivity index is 0.000000168. The summed E-state index contributed by atoms with van der Waals surface area (Å²) in [6, 6.07) is 35.0. The molecule has 0 spiro atoms. The van der Waals surface area contributed by atoms with Crippen molar-refractivity contribution >= 4 is 0 Å². The van der Waals surface area contributed by atoms with Crippen molar-refractivity contribution in [1.29, 1.82) is 0 Å². The summed E-state index contributed by atoms with van der Waals surface area (Å²) in [4.78, 5) is 26.4. The molecule has 0 unspecified atom stereocenters. The maximum absolute atomic E-state index is 4.59. The number of hydrogen-bond donors (Lipinski definition) is 0. The van der Waals surface area contributed by atoms with Crippen LogP contribution >= 0.6 is 0 Å². The monoisotopic (exact) mass is 524 g/mol. The first-order valence-corrected chi connectivity index (χ1v) is 11.5. The minimum absolute atomic E-state index is 0. The molecule has 0 saturated carbocycles. The number of pyridine rings is 6. The summed E-state index contributed by atoms with van der Waals surface area (Å²) in [6.07, 6.45) is 7.07. The zero-order valence-corrected chi connectivity index (χ0v) is 20.7. The number of hydrogen-bond acceptors (Lipinski definition) is 6. The van der Waals surface area contributed by atoms with Crippen molar-refractivity contribution in [2.75, 3.05) is 0 Å². The molecule has 6 aromatic rings. The summed E-state index contributed by atoms with van der Waals surface area (Å²) >= 11 is 0. The molecule has 0 saturated heterocycles. The van der Waals surface area contributed by atoms with Gasteiger partial charge < -0.3 is 0 Å². The molecule has 0 atom stereocenters. The first-order chi connectivity index (χ1) is 17.9. The molecule has 7 heteroatoms. The van der Waals surface area contributed by atoms with Crippen LogP contribution in [0.2, 0.25) is 0 Å². The maximum atomic E-state index is 4.59. The second-order valence-electron chi connectivity index (χ2n) is 7.68. The largest absolute Gasteiger partial charge is 0.255 e. The molecule has 6 nitrogen and oxygen atoms in total. The van der Waals surface area contributed by atoms with Crippen LogP contribution in [0.3, 0.4) is 0 Å². The predicted octanol–water partition coefficient (Wildman–Crippen LogP) is 6.41. The van der Waals surface area contributed by atoms with Crippen molar-refractivity contribution < 1.29 is 16.5 Å². The van der Waals surface area contributed by atoms with E-state index in [1.165, 1.54) is 0 Å². The van der Waals surface area contributed by atoms with Crippen LogP contribution in [0, 0.1) is 0 Å². The summed E-state index contributed by atoms with van der Waals surface area (Å²) in [5, 5.41) is 0. The van der Waals surface area contributed by atoms with E-state index in [2.05, 4.69) is 29.9 Å². The summed E-state index contributed by atoms with van der Waals surface area (Å²) in [6.45, 7) is 0. The number of rotatable bonds is 4. The fraction of sp³-hybridized carbons (Fsp3) is 0. The second kappa shape index (κ2) is 12.9. The Hall–Kier alpha value is -4.61. The van der Waals surface area contributed by atoms with Crippen molar-refractivity contribution in [3.63, 3.8) is 0 Å². The van der Waals surface area contributed by atoms with Crippen molar-refractivity contribution in [2.24, 2.45) is 0 Å². The van der Waals surface area contributed by atoms with E-state index in [-0.39, 0.29) is 16.5 Å². The molecule has 0 bridgehead atoms. The number of aromatic nitrogens is 6. The second-order valence-corrected chi connectivity index (χ2v) is 7.68. The summed E-state index contributed by atoms with van der Waals surface area (Å²) < 4.78 is 0. The fourth-order valence-electron chi connectivity index (χ4n) is 3.50. The van der Waals surface area contributed by atoms with Crippen molar-refractivity contribution in [2.45, 2.75) is 0 Å². The Morgan fingerprint density at radius 3 is 0.730 bits per heavy atom. The van der Waals surface area contributed by atoms with Gasteiger partial charge in [0.05, 0.1) is 45.6 Å². The third-order valence-corrected chi connectivity index (χ3v) is 5.21. The van der Waals surface area contributed by atoms with Gasteiger partial charge in [0.15, 0.2) is 0 Å². The first-order valence-electron chi connectivity index (χ1n) is 11.5. The summed E-state index contributed by atoms with van der Waals surface area (Å²) in [5.41, 5.74) is 6.92. The molecule has 0 aliphatic rings. The van der Waals surface area contributed by atoms with E-state index in [4.69, 9.17) is 0 Å². The Morgan fingerprint density at radius 2 is 0.514 bits per heavy atom. The molecule has 6 aromatic heterocycles. The van der Waals surface area contributed by atoms with Gasteiger partial charge in [0.1, 0.15) is 0 Å². The Labute approximate surface area is 225 Å². The van der Waals surface area contributed by atoms with Crippen molar-refractivity contribution in [3.8, 4) is 45.6 Å². The molecule has 0 N–H and O–H groups in total. The van der Waals surface area contributed by atoms with E-state index in [1.807, 2.05) is 109 Å². The van der Waals surface area contributed by atoms with E-state index in [0.717, 1.165) is 45.6 Å². The normalized spacial score (nSPS) is 9.95. The molecule has 0 aliphatic carbocycles. The van der Waals surface area contributed by atoms with Crippen molar-refractivity contribution in [1.82, 2.24) is 29.9 Å². The standard InChI is InChI=1S/2C15H11N3.Ni/c2*1-3-10-16-12(6-1)14-8-5-9-15(18-14)13-7-2-4-11-17-13;/h2*1-11H;. The van der Waals surface area contributed by atoms with E-state index >= 15 is 0 Å². The quantitative estimate of drug-likeness (QED) is 0.248. The molecule has 6 rings (SSSR count). The van der Waals surface area contributed by atoms with Gasteiger partial charge in [-0.2, -0.15) is 0 Å². The van der Waals surface area contributed by atoms with Gasteiger partial charge in [0.2, 0.25) is 0 Å². The minimum atomic E-state index is 0. The van der Waals surface area contributed by atoms with Crippen LogP contribution in [-0.2, 0) is 16.5 Å². The van der Waals surface area contributed by atoms with E-state index in [0.29, 0.717) is 0 Å². The van der Waals surface area contributed by atoms with Gasteiger partial charge >= 0.3 is 0 Å². The molecule has 0 fully saturated rings. The number of nitrogens with zero attached hydrogens (tertiary/aromatic N) is 6. The van der Waals surface area contributed by atoms with Crippen LogP contribution in [0.5, 0.6) is 0 Å². The van der Waals surface area contributed by atoms with Gasteiger partial charge in [-0.25, -0.2) is 9.97 Å². The average molecular weight is 525 g/mol. The molecular formula is C30H22N6Ni. The molecule has 6 heterocycles. The zero-order chi connectivity index (χ0) is 24.4.